The zero-order chi connectivity index (χ0) is 37.5. The minimum atomic E-state index is -4.26. The van der Waals surface area contributed by atoms with Gasteiger partial charge < -0.3 is 24.3 Å². The lowest BCUT2D eigenvalue weighted by atomic mass is 9.86. The molecule has 53 heavy (non-hydrogen) atoms. The van der Waals surface area contributed by atoms with Crippen LogP contribution in [0.25, 0.3) is 0 Å². The minimum absolute atomic E-state index is 0.0411. The van der Waals surface area contributed by atoms with Gasteiger partial charge in [0, 0.05) is 24.2 Å². The molecule has 2 bridgehead atoms. The van der Waals surface area contributed by atoms with E-state index in [2.05, 4.69) is 19.9 Å². The number of pyridine rings is 1. The van der Waals surface area contributed by atoms with Crippen LogP contribution in [0.2, 0.25) is 10.0 Å². The van der Waals surface area contributed by atoms with E-state index in [9.17, 15) is 18.0 Å². The number of hydrogen-bond acceptors (Lipinski definition) is 10. The Hall–Kier alpha value is -4.56. The number of rotatable bonds is 15. The third kappa shape index (κ3) is 9.71. The summed E-state index contributed by atoms with van der Waals surface area (Å²) in [7, 11) is -1.30. The number of halogens is 2. The number of hydrogen-bond donors (Lipinski definition) is 2. The SMILES string of the molecule is COc1ccc(C(Cc2c(Cl)c[nH+]cc2Cl)OC(=O)CS(=O)(=O)Nc2cccc(NC(C(=O)O[C@H]3CN4CCC3CC4)c3ccccc3)c2)cc1OC. The summed E-state index contributed by atoms with van der Waals surface area (Å²) in [5, 5.41) is 3.85. The molecule has 3 aromatic carbocycles. The standard InChI is InChI=1S/C38H40Cl2N4O8S/c1-49-32-12-11-26(17-34(32)50-2)33(19-29-30(39)20-41-21-31(29)40)51-36(45)23-53(47,48)43-28-10-6-9-27(18-28)42-37(25-7-4-3-5-8-25)38(46)52-35-22-44-15-13-24(35)14-16-44/h3-12,17-18,20-21,24,33,35,37,42-43H,13-16,19,22-23H2,1-2H3/p+1/t33?,35-,37?/m0/s1. The molecule has 7 rings (SSSR count). The number of piperidine rings is 3. The summed E-state index contributed by atoms with van der Waals surface area (Å²) in [5.41, 5.74) is 2.34. The molecule has 3 N–H and O–H groups in total. The Labute approximate surface area is 318 Å². The number of nitrogens with one attached hydrogen (secondary N) is 3. The van der Waals surface area contributed by atoms with Crippen molar-refractivity contribution in [3.63, 3.8) is 0 Å². The molecule has 3 fully saturated rings. The highest BCUT2D eigenvalue weighted by Crippen LogP contribution is 2.36. The number of carbonyl (C=O) groups excluding carboxylic acids is 2. The summed E-state index contributed by atoms with van der Waals surface area (Å²) >= 11 is 12.8. The van der Waals surface area contributed by atoms with E-state index in [-0.39, 0.29) is 18.2 Å². The number of nitrogens with zero attached hydrogens (tertiary/aromatic N) is 1. The quantitative estimate of drug-likeness (QED) is 0.140. The first-order valence-corrected chi connectivity index (χ1v) is 19.5. The lowest BCUT2D eigenvalue weighted by Gasteiger charge is -2.44. The maximum absolute atomic E-state index is 13.6. The van der Waals surface area contributed by atoms with E-state index in [1.807, 2.05) is 30.3 Å². The first kappa shape index (κ1) is 38.2. The molecule has 3 aliphatic heterocycles. The van der Waals surface area contributed by atoms with Gasteiger partial charge in [-0.1, -0.05) is 65.7 Å². The highest BCUT2D eigenvalue weighted by molar-refractivity contribution is 7.93. The number of carbonyl (C=O) groups is 2. The van der Waals surface area contributed by atoms with Crippen molar-refractivity contribution in [1.82, 2.24) is 4.90 Å². The number of ether oxygens (including phenoxy) is 4. The fraction of sp³-hybridized carbons (Fsp3) is 0.342. The molecule has 4 heterocycles. The topological polar surface area (TPSA) is 147 Å². The summed E-state index contributed by atoms with van der Waals surface area (Å²) in [5.74, 6) is -1.24. The summed E-state index contributed by atoms with van der Waals surface area (Å²) in [6.07, 6.45) is 3.96. The molecule has 3 saturated heterocycles. The van der Waals surface area contributed by atoms with E-state index in [1.54, 1.807) is 42.5 Å². The van der Waals surface area contributed by atoms with Gasteiger partial charge >= 0.3 is 11.9 Å². The normalized spacial score (nSPS) is 19.1. The molecule has 1 aromatic heterocycles. The lowest BCUT2D eigenvalue weighted by molar-refractivity contribution is -0.377. The third-order valence-electron chi connectivity index (χ3n) is 9.43. The molecular formula is C38H41Cl2N4O8S+. The lowest BCUT2D eigenvalue weighted by Crippen LogP contribution is -2.52. The van der Waals surface area contributed by atoms with Crippen LogP contribution in [0, 0.1) is 5.92 Å². The number of sulfonamides is 1. The van der Waals surface area contributed by atoms with E-state index < -0.39 is 39.9 Å². The van der Waals surface area contributed by atoms with E-state index >= 15 is 0 Å². The van der Waals surface area contributed by atoms with Crippen LogP contribution < -0.4 is 24.5 Å². The fourth-order valence-corrected chi connectivity index (χ4v) is 8.19. The van der Waals surface area contributed by atoms with Crippen molar-refractivity contribution in [3.05, 3.63) is 112 Å². The number of aromatic nitrogens is 1. The van der Waals surface area contributed by atoms with Crippen molar-refractivity contribution in [3.8, 4) is 11.5 Å². The predicted octanol–water partition coefficient (Wildman–Crippen LogP) is 5.88. The van der Waals surface area contributed by atoms with E-state index in [0.29, 0.717) is 49.8 Å². The molecule has 2 unspecified atom stereocenters. The number of aromatic amines is 1. The molecule has 0 radical (unpaired) electrons. The fourth-order valence-electron chi connectivity index (χ4n) is 6.73. The van der Waals surface area contributed by atoms with Gasteiger partial charge in [-0.05, 0) is 73.3 Å². The molecule has 280 valence electrons. The molecule has 0 aliphatic carbocycles. The van der Waals surface area contributed by atoms with Gasteiger partial charge in [0.25, 0.3) is 0 Å². The van der Waals surface area contributed by atoms with Gasteiger partial charge in [-0.15, -0.1) is 0 Å². The number of fused-ring (bicyclic) bond motifs is 3. The Kier molecular flexibility index (Phi) is 12.3. The van der Waals surface area contributed by atoms with Gasteiger partial charge in [0.2, 0.25) is 10.0 Å². The molecule has 15 heteroatoms. The zero-order valence-corrected chi connectivity index (χ0v) is 31.5. The van der Waals surface area contributed by atoms with Crippen molar-refractivity contribution >= 4 is 56.5 Å². The molecule has 0 saturated carbocycles. The van der Waals surface area contributed by atoms with Crippen molar-refractivity contribution in [2.24, 2.45) is 5.92 Å². The molecule has 4 aromatic rings. The average Bonchev–Trinajstić information content (AvgIpc) is 3.15. The molecule has 0 amide bonds. The Balaban J connectivity index is 1.15. The number of anilines is 2. The highest BCUT2D eigenvalue weighted by Gasteiger charge is 2.38. The third-order valence-corrected chi connectivity index (χ3v) is 11.3. The van der Waals surface area contributed by atoms with Gasteiger partial charge in [0.15, 0.2) is 35.7 Å². The van der Waals surface area contributed by atoms with Crippen LogP contribution in [0.3, 0.4) is 0 Å². The highest BCUT2D eigenvalue weighted by atomic mass is 35.5. The predicted molar refractivity (Wildman–Crippen MR) is 201 cm³/mol. The Morgan fingerprint density at radius 3 is 2.25 bits per heavy atom. The average molecular weight is 785 g/mol. The largest absolute Gasteiger partial charge is 0.493 e. The number of esters is 2. The second kappa shape index (κ2) is 17.1. The number of methoxy groups -OCH3 is 2. The summed E-state index contributed by atoms with van der Waals surface area (Å²) in [6.45, 7) is 2.77. The minimum Gasteiger partial charge on any atom is -0.493 e. The van der Waals surface area contributed by atoms with E-state index in [1.165, 1.54) is 26.6 Å². The van der Waals surface area contributed by atoms with E-state index in [4.69, 9.17) is 42.1 Å². The number of benzene rings is 3. The van der Waals surface area contributed by atoms with Crippen LogP contribution in [0.5, 0.6) is 11.5 Å². The summed E-state index contributed by atoms with van der Waals surface area (Å²) in [4.78, 5) is 32.1. The van der Waals surface area contributed by atoms with Crippen LogP contribution in [-0.4, -0.2) is 71.0 Å². The first-order valence-electron chi connectivity index (χ1n) is 17.1. The molecule has 12 nitrogen and oxygen atoms in total. The Morgan fingerprint density at radius 2 is 1.58 bits per heavy atom. The summed E-state index contributed by atoms with van der Waals surface area (Å²) < 4.78 is 51.7. The molecule has 3 atom stereocenters. The summed E-state index contributed by atoms with van der Waals surface area (Å²) in [6, 6.07) is 19.8. The maximum Gasteiger partial charge on any atom is 0.333 e. The molecular weight excluding hydrogens is 743 g/mol. The second-order valence-corrected chi connectivity index (χ2v) is 15.5. The Bertz CT molecular complexity index is 2010. The van der Waals surface area contributed by atoms with Gasteiger partial charge in [-0.25, -0.2) is 18.2 Å². The first-order chi connectivity index (χ1) is 25.5. The maximum atomic E-state index is 13.6. The van der Waals surface area contributed by atoms with Gasteiger partial charge in [-0.3, -0.25) is 14.4 Å². The van der Waals surface area contributed by atoms with Gasteiger partial charge in [0.05, 0.1) is 19.9 Å². The Morgan fingerprint density at radius 1 is 0.887 bits per heavy atom. The van der Waals surface area contributed by atoms with Crippen molar-refractivity contribution < 1.29 is 41.9 Å². The molecule has 0 spiro atoms. The van der Waals surface area contributed by atoms with Crippen LogP contribution in [-0.2, 0) is 35.5 Å². The van der Waals surface area contributed by atoms with Crippen LogP contribution in [0.4, 0.5) is 11.4 Å². The van der Waals surface area contributed by atoms with Crippen molar-refractivity contribution in [1.29, 1.82) is 0 Å². The van der Waals surface area contributed by atoms with Gasteiger partial charge in [-0.2, -0.15) is 0 Å². The van der Waals surface area contributed by atoms with Crippen molar-refractivity contribution in [2.45, 2.75) is 37.5 Å². The van der Waals surface area contributed by atoms with Gasteiger partial charge in [0.1, 0.15) is 22.3 Å². The second-order valence-electron chi connectivity index (χ2n) is 13.0. The van der Waals surface area contributed by atoms with Crippen LogP contribution in [0.15, 0.2) is 85.2 Å². The monoisotopic (exact) mass is 783 g/mol. The smallest absolute Gasteiger partial charge is 0.333 e. The number of H-pyrrole nitrogens is 1. The molecule has 3 aliphatic rings. The van der Waals surface area contributed by atoms with Crippen molar-refractivity contribution in [2.75, 3.05) is 49.6 Å². The zero-order valence-electron chi connectivity index (χ0n) is 29.2. The van der Waals surface area contributed by atoms with Crippen LogP contribution in [0.1, 0.15) is 41.7 Å². The van der Waals surface area contributed by atoms with E-state index in [0.717, 1.165) is 32.5 Å². The van der Waals surface area contributed by atoms with Crippen LogP contribution >= 0.6 is 23.2 Å².